The predicted octanol–water partition coefficient (Wildman–Crippen LogP) is 2.30. The Morgan fingerprint density at radius 3 is 2.56 bits per heavy atom. The molecule has 7 heteroatoms. The van der Waals surface area contributed by atoms with Crippen molar-refractivity contribution in [2.24, 2.45) is 5.73 Å². The first-order valence-electron chi connectivity index (χ1n) is 5.22. The molecule has 1 fully saturated rings. The number of benzene rings is 1. The Kier molecular flexibility index (Phi) is 3.37. The van der Waals surface area contributed by atoms with Gasteiger partial charge in [0.2, 0.25) is 0 Å². The molecule has 1 aromatic carbocycles. The fraction of sp³-hybridized carbons (Fsp3) is 0.364. The highest BCUT2D eigenvalue weighted by atomic mass is 79.9. The summed E-state index contributed by atoms with van der Waals surface area (Å²) >= 11 is 2.96. The molecule has 1 amide bonds. The van der Waals surface area contributed by atoms with Crippen molar-refractivity contribution in [2.75, 3.05) is 0 Å². The molecular formula is C11H10BrF3N2O. The van der Waals surface area contributed by atoms with Crippen molar-refractivity contribution in [1.82, 2.24) is 5.32 Å². The number of rotatable bonds is 2. The first-order chi connectivity index (χ1) is 8.29. The van der Waals surface area contributed by atoms with Crippen LogP contribution in [0.5, 0.6) is 0 Å². The minimum Gasteiger partial charge on any atom is -0.348 e. The van der Waals surface area contributed by atoms with Gasteiger partial charge in [-0.25, -0.2) is 0 Å². The zero-order valence-corrected chi connectivity index (χ0v) is 10.7. The molecule has 0 heterocycles. The fourth-order valence-electron chi connectivity index (χ4n) is 1.58. The topological polar surface area (TPSA) is 55.1 Å². The lowest BCUT2D eigenvalue weighted by atomic mass is 10.1. The molecule has 0 aromatic heterocycles. The monoisotopic (exact) mass is 322 g/mol. The molecular weight excluding hydrogens is 313 g/mol. The Labute approximate surface area is 110 Å². The van der Waals surface area contributed by atoms with Crippen molar-refractivity contribution in [3.8, 4) is 0 Å². The lowest BCUT2D eigenvalue weighted by Gasteiger charge is -2.13. The Balaban J connectivity index is 2.29. The highest BCUT2D eigenvalue weighted by molar-refractivity contribution is 9.10. The summed E-state index contributed by atoms with van der Waals surface area (Å²) in [5.41, 5.74) is 4.16. The zero-order chi connectivity index (χ0) is 13.5. The summed E-state index contributed by atoms with van der Waals surface area (Å²) in [6.07, 6.45) is -3.97. The molecule has 98 valence electrons. The maximum absolute atomic E-state index is 12.8. The van der Waals surface area contributed by atoms with Gasteiger partial charge < -0.3 is 11.1 Å². The molecule has 0 bridgehead atoms. The highest BCUT2D eigenvalue weighted by Crippen LogP contribution is 2.34. The summed E-state index contributed by atoms with van der Waals surface area (Å²) in [6.45, 7) is 0. The van der Waals surface area contributed by atoms with Crippen LogP contribution in [-0.4, -0.2) is 18.0 Å². The number of hydrogen-bond acceptors (Lipinski definition) is 2. The minimum absolute atomic E-state index is 0.154. The summed E-state index contributed by atoms with van der Waals surface area (Å²) < 4.78 is 38.7. The Morgan fingerprint density at radius 2 is 2.06 bits per heavy atom. The van der Waals surface area contributed by atoms with Gasteiger partial charge in [-0.2, -0.15) is 13.2 Å². The molecule has 0 spiro atoms. The first-order valence-corrected chi connectivity index (χ1v) is 6.01. The van der Waals surface area contributed by atoms with Crippen LogP contribution in [0.3, 0.4) is 0 Å². The number of nitrogens with one attached hydrogen (secondary N) is 1. The number of carbonyl (C=O) groups excluding carboxylic acids is 1. The van der Waals surface area contributed by atoms with Gasteiger partial charge in [0.25, 0.3) is 5.91 Å². The van der Waals surface area contributed by atoms with Crippen molar-refractivity contribution < 1.29 is 18.0 Å². The molecule has 1 aliphatic carbocycles. The highest BCUT2D eigenvalue weighted by Gasteiger charge is 2.38. The van der Waals surface area contributed by atoms with Gasteiger partial charge in [0.05, 0.1) is 11.1 Å². The zero-order valence-electron chi connectivity index (χ0n) is 9.09. The van der Waals surface area contributed by atoms with Crippen LogP contribution >= 0.6 is 15.9 Å². The normalized spacial score (nSPS) is 22.7. The lowest BCUT2D eigenvalue weighted by molar-refractivity contribution is -0.138. The minimum atomic E-state index is -4.57. The van der Waals surface area contributed by atoms with Gasteiger partial charge in [0, 0.05) is 16.6 Å². The maximum atomic E-state index is 12.8. The summed E-state index contributed by atoms with van der Waals surface area (Å²) in [6, 6.07) is 3.07. The van der Waals surface area contributed by atoms with Crippen LogP contribution in [0.2, 0.25) is 0 Å². The third-order valence-electron chi connectivity index (χ3n) is 2.69. The maximum Gasteiger partial charge on any atom is 0.417 e. The summed E-state index contributed by atoms with van der Waals surface area (Å²) in [4.78, 5) is 11.7. The number of carbonyl (C=O) groups is 1. The van der Waals surface area contributed by atoms with E-state index in [9.17, 15) is 18.0 Å². The number of halogens is 4. The molecule has 2 rings (SSSR count). The van der Waals surface area contributed by atoms with Gasteiger partial charge in [-0.3, -0.25) is 4.79 Å². The van der Waals surface area contributed by atoms with Gasteiger partial charge in [-0.15, -0.1) is 0 Å². The summed E-state index contributed by atoms with van der Waals surface area (Å²) in [5.74, 6) is -0.743. The van der Waals surface area contributed by atoms with Crippen molar-refractivity contribution in [3.05, 3.63) is 33.8 Å². The molecule has 1 aliphatic rings. The van der Waals surface area contributed by atoms with E-state index in [-0.39, 0.29) is 22.1 Å². The van der Waals surface area contributed by atoms with E-state index in [4.69, 9.17) is 5.73 Å². The van der Waals surface area contributed by atoms with E-state index in [1.165, 1.54) is 6.07 Å². The van der Waals surface area contributed by atoms with E-state index >= 15 is 0 Å². The van der Waals surface area contributed by atoms with Crippen molar-refractivity contribution >= 4 is 21.8 Å². The molecule has 18 heavy (non-hydrogen) atoms. The predicted molar refractivity (Wildman–Crippen MR) is 63.0 cm³/mol. The molecule has 2 unspecified atom stereocenters. The smallest absolute Gasteiger partial charge is 0.348 e. The lowest BCUT2D eigenvalue weighted by Crippen LogP contribution is -2.31. The Hall–Kier alpha value is -1.08. The van der Waals surface area contributed by atoms with Crippen LogP contribution in [0.1, 0.15) is 22.3 Å². The van der Waals surface area contributed by atoms with Gasteiger partial charge in [0.15, 0.2) is 0 Å². The van der Waals surface area contributed by atoms with Crippen molar-refractivity contribution in [2.45, 2.75) is 24.7 Å². The standard InChI is InChI=1S/C11H10BrF3N2O/c12-5-1-2-6(7(3-5)11(13,14)15)10(18)17-9-4-8(9)16/h1-3,8-9H,4,16H2,(H,17,18). The molecule has 0 radical (unpaired) electrons. The largest absolute Gasteiger partial charge is 0.417 e. The van der Waals surface area contributed by atoms with Crippen molar-refractivity contribution in [3.63, 3.8) is 0 Å². The Bertz CT molecular complexity index is 490. The van der Waals surface area contributed by atoms with Crippen LogP contribution in [0.4, 0.5) is 13.2 Å². The average molecular weight is 323 g/mol. The second-order valence-corrected chi connectivity index (χ2v) is 5.08. The van der Waals surface area contributed by atoms with Gasteiger partial charge in [0.1, 0.15) is 0 Å². The van der Waals surface area contributed by atoms with Crippen LogP contribution in [0.15, 0.2) is 22.7 Å². The van der Waals surface area contributed by atoms with E-state index < -0.39 is 17.6 Å². The van der Waals surface area contributed by atoms with Crippen molar-refractivity contribution in [1.29, 1.82) is 0 Å². The van der Waals surface area contributed by atoms with Gasteiger partial charge in [-0.05, 0) is 24.6 Å². The third-order valence-corrected chi connectivity index (χ3v) is 3.18. The number of alkyl halides is 3. The van der Waals surface area contributed by atoms with Crippen LogP contribution < -0.4 is 11.1 Å². The second kappa shape index (κ2) is 4.55. The summed E-state index contributed by atoms with van der Waals surface area (Å²) in [7, 11) is 0. The Morgan fingerprint density at radius 1 is 1.44 bits per heavy atom. The molecule has 1 saturated carbocycles. The van der Waals surface area contributed by atoms with E-state index in [0.29, 0.717) is 6.42 Å². The summed E-state index contributed by atoms with van der Waals surface area (Å²) in [5, 5.41) is 2.47. The second-order valence-electron chi connectivity index (χ2n) is 4.17. The molecule has 2 atom stereocenters. The van der Waals surface area contributed by atoms with Gasteiger partial charge in [-0.1, -0.05) is 15.9 Å². The van der Waals surface area contributed by atoms with E-state index in [2.05, 4.69) is 21.2 Å². The van der Waals surface area contributed by atoms with E-state index in [0.717, 1.165) is 12.1 Å². The SMILES string of the molecule is NC1CC1NC(=O)c1ccc(Br)cc1C(F)(F)F. The molecule has 3 N–H and O–H groups in total. The number of hydrogen-bond donors (Lipinski definition) is 2. The molecule has 0 saturated heterocycles. The number of amides is 1. The fourth-order valence-corrected chi connectivity index (χ4v) is 1.94. The average Bonchev–Trinajstić information content (AvgIpc) is 2.92. The van der Waals surface area contributed by atoms with Crippen LogP contribution in [0.25, 0.3) is 0 Å². The van der Waals surface area contributed by atoms with Crippen LogP contribution in [0, 0.1) is 0 Å². The molecule has 1 aromatic rings. The third kappa shape index (κ3) is 2.84. The molecule has 3 nitrogen and oxygen atoms in total. The van der Waals surface area contributed by atoms with Gasteiger partial charge >= 0.3 is 6.18 Å². The first kappa shape index (κ1) is 13.4. The quantitative estimate of drug-likeness (QED) is 0.877. The van der Waals surface area contributed by atoms with E-state index in [1.807, 2.05) is 0 Å². The number of nitrogens with two attached hydrogens (primary N) is 1. The van der Waals surface area contributed by atoms with E-state index in [1.54, 1.807) is 0 Å². The van der Waals surface area contributed by atoms with Crippen LogP contribution in [-0.2, 0) is 6.18 Å². The molecule has 0 aliphatic heterocycles.